The molecule has 1 aromatic carbocycles. The van der Waals surface area contributed by atoms with Gasteiger partial charge in [-0.05, 0) is 37.3 Å². The topological polar surface area (TPSA) is 119 Å². The van der Waals surface area contributed by atoms with E-state index in [1.807, 2.05) is 0 Å². The standard InChI is InChI=1S/C17H22N2O6S/c1-25-15-7-2-11(8-14(15)19(23)24)9-26-10-16(20)18-13-5-3-12(4-6-13)17(21)22/h2,7-8,12-13H,3-6,9-10H2,1H3,(H,18,20)(H,21,22). The number of carbonyl (C=O) groups excluding carboxylic acids is 1. The average Bonchev–Trinajstić information content (AvgIpc) is 2.62. The number of carbonyl (C=O) groups is 2. The minimum atomic E-state index is -0.765. The fourth-order valence-corrected chi connectivity index (χ4v) is 3.77. The number of ether oxygens (including phenoxy) is 1. The van der Waals surface area contributed by atoms with Crippen LogP contribution in [0.5, 0.6) is 5.75 Å². The molecule has 8 nitrogen and oxygen atoms in total. The van der Waals surface area contributed by atoms with E-state index in [0.29, 0.717) is 31.4 Å². The van der Waals surface area contributed by atoms with Crippen LogP contribution in [0.15, 0.2) is 18.2 Å². The van der Waals surface area contributed by atoms with Gasteiger partial charge in [0.2, 0.25) is 5.91 Å². The summed E-state index contributed by atoms with van der Waals surface area (Å²) in [4.78, 5) is 33.5. The summed E-state index contributed by atoms with van der Waals surface area (Å²) in [6, 6.07) is 4.77. The molecular formula is C17H22N2O6S. The quantitative estimate of drug-likeness (QED) is 0.524. The molecular weight excluding hydrogens is 360 g/mol. The van der Waals surface area contributed by atoms with Crippen molar-refractivity contribution in [2.75, 3.05) is 12.9 Å². The van der Waals surface area contributed by atoms with E-state index >= 15 is 0 Å². The van der Waals surface area contributed by atoms with E-state index in [1.165, 1.54) is 24.9 Å². The van der Waals surface area contributed by atoms with Crippen molar-refractivity contribution in [2.45, 2.75) is 37.5 Å². The number of carboxylic acids is 1. The van der Waals surface area contributed by atoms with Gasteiger partial charge >= 0.3 is 11.7 Å². The van der Waals surface area contributed by atoms with Crippen molar-refractivity contribution >= 4 is 29.3 Å². The van der Waals surface area contributed by atoms with Crippen LogP contribution in [-0.4, -0.2) is 40.8 Å². The smallest absolute Gasteiger partial charge is 0.311 e. The number of benzene rings is 1. The molecule has 9 heteroatoms. The molecule has 0 unspecified atom stereocenters. The number of hydrogen-bond acceptors (Lipinski definition) is 6. The van der Waals surface area contributed by atoms with Gasteiger partial charge in [0.25, 0.3) is 0 Å². The first-order valence-electron chi connectivity index (χ1n) is 8.32. The number of amides is 1. The summed E-state index contributed by atoms with van der Waals surface area (Å²) in [5, 5.41) is 22.9. The number of hydrogen-bond donors (Lipinski definition) is 2. The highest BCUT2D eigenvalue weighted by molar-refractivity contribution is 7.99. The Balaban J connectivity index is 1.76. The Kier molecular flexibility index (Phi) is 7.26. The first-order chi connectivity index (χ1) is 12.4. The van der Waals surface area contributed by atoms with Crippen LogP contribution in [-0.2, 0) is 15.3 Å². The molecule has 0 atom stereocenters. The van der Waals surface area contributed by atoms with Crippen molar-refractivity contribution in [3.05, 3.63) is 33.9 Å². The third-order valence-corrected chi connectivity index (χ3v) is 5.39. The molecule has 0 spiro atoms. The second-order valence-corrected chi connectivity index (χ2v) is 7.20. The maximum absolute atomic E-state index is 12.0. The monoisotopic (exact) mass is 382 g/mol. The molecule has 0 aromatic heterocycles. The summed E-state index contributed by atoms with van der Waals surface area (Å²) >= 11 is 1.37. The van der Waals surface area contributed by atoms with Gasteiger partial charge in [0.1, 0.15) is 0 Å². The molecule has 1 aromatic rings. The van der Waals surface area contributed by atoms with E-state index in [2.05, 4.69) is 5.32 Å². The SMILES string of the molecule is COc1ccc(CSCC(=O)NC2CCC(C(=O)O)CC2)cc1[N+](=O)[O-]. The van der Waals surface area contributed by atoms with Crippen LogP contribution in [0.4, 0.5) is 5.69 Å². The molecule has 0 saturated heterocycles. The number of rotatable bonds is 8. The van der Waals surface area contributed by atoms with Gasteiger partial charge in [-0.1, -0.05) is 6.07 Å². The molecule has 1 saturated carbocycles. The molecule has 0 radical (unpaired) electrons. The van der Waals surface area contributed by atoms with Gasteiger partial charge in [0, 0.05) is 17.9 Å². The molecule has 2 rings (SSSR count). The number of aliphatic carboxylic acids is 1. The minimum absolute atomic E-state index is 0.0285. The third kappa shape index (κ3) is 5.62. The largest absolute Gasteiger partial charge is 0.490 e. The maximum Gasteiger partial charge on any atom is 0.311 e. The summed E-state index contributed by atoms with van der Waals surface area (Å²) in [5.74, 6) is -0.236. The Hall–Kier alpha value is -2.29. The Bertz CT molecular complexity index is 673. The summed E-state index contributed by atoms with van der Waals surface area (Å²) in [6.07, 6.45) is 2.53. The van der Waals surface area contributed by atoms with Crippen molar-refractivity contribution < 1.29 is 24.4 Å². The molecule has 0 bridgehead atoms. The van der Waals surface area contributed by atoms with Gasteiger partial charge in [-0.25, -0.2) is 0 Å². The fraction of sp³-hybridized carbons (Fsp3) is 0.529. The number of methoxy groups -OCH3 is 1. The first-order valence-corrected chi connectivity index (χ1v) is 9.47. The number of thioether (sulfide) groups is 1. The van der Waals surface area contributed by atoms with Crippen LogP contribution >= 0.6 is 11.8 Å². The molecule has 2 N–H and O–H groups in total. The Morgan fingerprint density at radius 2 is 2.04 bits per heavy atom. The zero-order chi connectivity index (χ0) is 19.1. The number of nitro benzene ring substituents is 1. The zero-order valence-corrected chi connectivity index (χ0v) is 15.3. The van der Waals surface area contributed by atoms with Gasteiger partial charge < -0.3 is 15.2 Å². The molecule has 0 heterocycles. The molecule has 1 fully saturated rings. The molecule has 142 valence electrons. The van der Waals surface area contributed by atoms with E-state index in [1.54, 1.807) is 12.1 Å². The van der Waals surface area contributed by atoms with Crippen molar-refractivity contribution in [1.82, 2.24) is 5.32 Å². The highest BCUT2D eigenvalue weighted by Gasteiger charge is 2.26. The number of carboxylic acid groups (broad SMARTS) is 1. The zero-order valence-electron chi connectivity index (χ0n) is 14.5. The summed E-state index contributed by atoms with van der Waals surface area (Å²) in [7, 11) is 1.38. The summed E-state index contributed by atoms with van der Waals surface area (Å²) in [6.45, 7) is 0. The van der Waals surface area contributed by atoms with E-state index in [-0.39, 0.29) is 35.1 Å². The van der Waals surface area contributed by atoms with Gasteiger partial charge in [-0.3, -0.25) is 19.7 Å². The molecule has 1 aliphatic rings. The van der Waals surface area contributed by atoms with E-state index < -0.39 is 10.9 Å². The third-order valence-electron chi connectivity index (χ3n) is 4.38. The van der Waals surface area contributed by atoms with Crippen molar-refractivity contribution in [3.8, 4) is 5.75 Å². The van der Waals surface area contributed by atoms with E-state index in [0.717, 1.165) is 5.56 Å². The number of nitrogens with zero attached hydrogens (tertiary/aromatic N) is 1. The Morgan fingerprint density at radius 3 is 2.62 bits per heavy atom. The lowest BCUT2D eigenvalue weighted by Gasteiger charge is -2.26. The predicted molar refractivity (Wildman–Crippen MR) is 97.3 cm³/mol. The van der Waals surface area contributed by atoms with Crippen LogP contribution in [0.2, 0.25) is 0 Å². The van der Waals surface area contributed by atoms with Crippen LogP contribution in [0.1, 0.15) is 31.2 Å². The van der Waals surface area contributed by atoms with Crippen LogP contribution in [0, 0.1) is 16.0 Å². The van der Waals surface area contributed by atoms with Crippen molar-refractivity contribution in [3.63, 3.8) is 0 Å². The van der Waals surface area contributed by atoms with Gasteiger partial charge in [0.05, 0.1) is 23.7 Å². The fourth-order valence-electron chi connectivity index (χ4n) is 2.98. The molecule has 1 amide bonds. The van der Waals surface area contributed by atoms with Crippen LogP contribution in [0.25, 0.3) is 0 Å². The lowest BCUT2D eigenvalue weighted by Crippen LogP contribution is -2.39. The maximum atomic E-state index is 12.0. The van der Waals surface area contributed by atoms with Gasteiger partial charge in [0.15, 0.2) is 5.75 Å². The van der Waals surface area contributed by atoms with Crippen LogP contribution < -0.4 is 10.1 Å². The summed E-state index contributed by atoms with van der Waals surface area (Å²) < 4.78 is 4.96. The lowest BCUT2D eigenvalue weighted by molar-refractivity contribution is -0.385. The highest BCUT2D eigenvalue weighted by atomic mass is 32.2. The Labute approximate surface area is 155 Å². The molecule has 0 aliphatic heterocycles. The van der Waals surface area contributed by atoms with Gasteiger partial charge in [-0.2, -0.15) is 0 Å². The van der Waals surface area contributed by atoms with Crippen molar-refractivity contribution in [2.24, 2.45) is 5.92 Å². The van der Waals surface area contributed by atoms with Crippen molar-refractivity contribution in [1.29, 1.82) is 0 Å². The summed E-state index contributed by atoms with van der Waals surface area (Å²) in [5.41, 5.74) is 0.655. The Morgan fingerprint density at radius 1 is 1.35 bits per heavy atom. The predicted octanol–water partition coefficient (Wildman–Crippen LogP) is 2.60. The number of nitrogens with one attached hydrogen (secondary N) is 1. The van der Waals surface area contributed by atoms with E-state index in [4.69, 9.17) is 9.84 Å². The molecule has 26 heavy (non-hydrogen) atoms. The second-order valence-electron chi connectivity index (χ2n) is 6.21. The first kappa shape index (κ1) is 20.0. The average molecular weight is 382 g/mol. The lowest BCUT2D eigenvalue weighted by atomic mass is 9.86. The normalized spacial score (nSPS) is 19.6. The molecule has 1 aliphatic carbocycles. The highest BCUT2D eigenvalue weighted by Crippen LogP contribution is 2.29. The number of nitro groups is 1. The second kappa shape index (κ2) is 9.42. The van der Waals surface area contributed by atoms with Crippen LogP contribution in [0.3, 0.4) is 0 Å². The minimum Gasteiger partial charge on any atom is -0.490 e. The van der Waals surface area contributed by atoms with Gasteiger partial charge in [-0.15, -0.1) is 11.8 Å². The van der Waals surface area contributed by atoms with E-state index in [9.17, 15) is 19.7 Å².